The summed E-state index contributed by atoms with van der Waals surface area (Å²) in [4.78, 5) is 10.5. The molecule has 0 aliphatic rings. The molecule has 0 saturated carbocycles. The molecule has 1 aromatic rings. The minimum Gasteiger partial charge on any atom is -0.368 e. The van der Waals surface area contributed by atoms with Crippen molar-refractivity contribution in [3.63, 3.8) is 0 Å². The van der Waals surface area contributed by atoms with Crippen LogP contribution in [0, 0.1) is 0 Å². The molecule has 0 radical (unpaired) electrons. The quantitative estimate of drug-likeness (QED) is 0.712. The van der Waals surface area contributed by atoms with Crippen molar-refractivity contribution in [2.75, 3.05) is 0 Å². The predicted octanol–water partition coefficient (Wildman–Crippen LogP) is 0.492. The zero-order chi connectivity index (χ0) is 9.14. The van der Waals surface area contributed by atoms with Gasteiger partial charge in [0.05, 0.1) is 6.20 Å². The normalized spacial score (nSPS) is 10.6. The molecule has 1 amide bonds. The number of nitrogens with zero attached hydrogens (tertiary/aromatic N) is 2. The Morgan fingerprint density at radius 1 is 1.75 bits per heavy atom. The molecule has 1 aromatic heterocycles. The molecule has 0 aromatic carbocycles. The highest BCUT2D eigenvalue weighted by molar-refractivity contribution is 5.73. The predicted molar refractivity (Wildman–Crippen MR) is 45.5 cm³/mol. The first-order valence-electron chi connectivity index (χ1n) is 3.90. The molecule has 12 heavy (non-hydrogen) atoms. The minimum absolute atomic E-state index is 0.159. The largest absolute Gasteiger partial charge is 0.368 e. The van der Waals surface area contributed by atoms with Crippen molar-refractivity contribution in [2.24, 2.45) is 5.73 Å². The molecule has 0 aliphatic heterocycles. The van der Waals surface area contributed by atoms with Gasteiger partial charge < -0.3 is 5.73 Å². The third kappa shape index (κ3) is 2.08. The molecular weight excluding hydrogens is 154 g/mol. The molecule has 0 atom stereocenters. The van der Waals surface area contributed by atoms with Crippen molar-refractivity contribution in [1.82, 2.24) is 9.78 Å². The zero-order valence-electron chi connectivity index (χ0n) is 7.32. The first-order valence-corrected chi connectivity index (χ1v) is 3.90. The highest BCUT2D eigenvalue weighted by Crippen LogP contribution is 2.11. The van der Waals surface area contributed by atoms with Gasteiger partial charge in [0, 0.05) is 6.20 Å². The molecule has 0 aliphatic carbocycles. The minimum atomic E-state index is -0.367. The smallest absolute Gasteiger partial charge is 0.239 e. The van der Waals surface area contributed by atoms with E-state index in [2.05, 4.69) is 18.9 Å². The summed E-state index contributed by atoms with van der Waals surface area (Å²) < 4.78 is 1.55. The third-order valence-electron chi connectivity index (χ3n) is 1.64. The Morgan fingerprint density at radius 2 is 2.42 bits per heavy atom. The fraction of sp³-hybridized carbons (Fsp3) is 0.500. The van der Waals surface area contributed by atoms with E-state index in [0.29, 0.717) is 5.92 Å². The van der Waals surface area contributed by atoms with Gasteiger partial charge in [-0.3, -0.25) is 9.48 Å². The average molecular weight is 167 g/mol. The molecule has 1 rings (SSSR count). The Bertz CT molecular complexity index is 278. The molecule has 4 heteroatoms. The van der Waals surface area contributed by atoms with Crippen molar-refractivity contribution < 1.29 is 4.79 Å². The summed E-state index contributed by atoms with van der Waals surface area (Å²) in [5.41, 5.74) is 6.13. The van der Waals surface area contributed by atoms with E-state index in [4.69, 9.17) is 5.73 Å². The molecular formula is C8H13N3O. The molecule has 0 fully saturated rings. The van der Waals surface area contributed by atoms with Gasteiger partial charge in [-0.2, -0.15) is 5.10 Å². The Morgan fingerprint density at radius 3 is 2.83 bits per heavy atom. The maximum Gasteiger partial charge on any atom is 0.239 e. The summed E-state index contributed by atoms with van der Waals surface area (Å²) in [7, 11) is 0. The van der Waals surface area contributed by atoms with Gasteiger partial charge in [-0.1, -0.05) is 13.8 Å². The standard InChI is InChI=1S/C8H13N3O/c1-6(2)7-3-10-11(4-7)5-8(9)12/h3-4,6H,5H2,1-2H3,(H2,9,12). The van der Waals surface area contributed by atoms with E-state index < -0.39 is 0 Å². The topological polar surface area (TPSA) is 60.9 Å². The second-order valence-electron chi connectivity index (χ2n) is 3.09. The molecule has 4 nitrogen and oxygen atoms in total. The fourth-order valence-electron chi connectivity index (χ4n) is 0.924. The molecule has 0 spiro atoms. The highest BCUT2D eigenvalue weighted by atomic mass is 16.1. The van der Waals surface area contributed by atoms with Crippen LogP contribution >= 0.6 is 0 Å². The van der Waals surface area contributed by atoms with Gasteiger partial charge in [0.1, 0.15) is 6.54 Å². The van der Waals surface area contributed by atoms with E-state index in [1.807, 2.05) is 6.20 Å². The summed E-state index contributed by atoms with van der Waals surface area (Å²) >= 11 is 0. The van der Waals surface area contributed by atoms with E-state index in [9.17, 15) is 4.79 Å². The maximum absolute atomic E-state index is 10.5. The van der Waals surface area contributed by atoms with Crippen LogP contribution in [0.2, 0.25) is 0 Å². The first kappa shape index (κ1) is 8.77. The molecule has 0 bridgehead atoms. The molecule has 1 heterocycles. The van der Waals surface area contributed by atoms with E-state index >= 15 is 0 Å². The van der Waals surface area contributed by atoms with Crippen LogP contribution < -0.4 is 5.73 Å². The van der Waals surface area contributed by atoms with Gasteiger partial charge in [0.25, 0.3) is 0 Å². The Labute approximate surface area is 71.4 Å². The van der Waals surface area contributed by atoms with Crippen molar-refractivity contribution >= 4 is 5.91 Å². The lowest BCUT2D eigenvalue weighted by atomic mass is 10.1. The molecule has 2 N–H and O–H groups in total. The van der Waals surface area contributed by atoms with Crippen LogP contribution in [-0.4, -0.2) is 15.7 Å². The SMILES string of the molecule is CC(C)c1cnn(CC(N)=O)c1. The summed E-state index contributed by atoms with van der Waals surface area (Å²) in [6.45, 7) is 4.31. The lowest BCUT2D eigenvalue weighted by Crippen LogP contribution is -2.18. The van der Waals surface area contributed by atoms with Crippen molar-refractivity contribution in [1.29, 1.82) is 0 Å². The zero-order valence-corrected chi connectivity index (χ0v) is 7.32. The van der Waals surface area contributed by atoms with Gasteiger partial charge >= 0.3 is 0 Å². The van der Waals surface area contributed by atoms with Gasteiger partial charge in [-0.05, 0) is 11.5 Å². The number of rotatable bonds is 3. The average Bonchev–Trinajstić information content (AvgIpc) is 2.34. The number of primary amides is 1. The van der Waals surface area contributed by atoms with Gasteiger partial charge in [0.15, 0.2) is 0 Å². The van der Waals surface area contributed by atoms with Crippen LogP contribution in [0.1, 0.15) is 25.3 Å². The van der Waals surface area contributed by atoms with Crippen LogP contribution in [0.25, 0.3) is 0 Å². The lowest BCUT2D eigenvalue weighted by Gasteiger charge is -1.97. The van der Waals surface area contributed by atoms with E-state index in [1.54, 1.807) is 10.9 Å². The Kier molecular flexibility index (Phi) is 2.47. The summed E-state index contributed by atoms with van der Waals surface area (Å²) in [5.74, 6) is 0.0695. The van der Waals surface area contributed by atoms with Crippen molar-refractivity contribution in [3.8, 4) is 0 Å². The number of hydrogen-bond acceptors (Lipinski definition) is 2. The Hall–Kier alpha value is -1.32. The van der Waals surface area contributed by atoms with E-state index in [1.165, 1.54) is 0 Å². The molecule has 0 saturated heterocycles. The summed E-state index contributed by atoms with van der Waals surface area (Å²) in [5, 5.41) is 3.99. The third-order valence-corrected chi connectivity index (χ3v) is 1.64. The van der Waals surface area contributed by atoms with Gasteiger partial charge in [0.2, 0.25) is 5.91 Å². The summed E-state index contributed by atoms with van der Waals surface area (Å²) in [6.07, 6.45) is 3.60. The number of hydrogen-bond donors (Lipinski definition) is 1. The van der Waals surface area contributed by atoms with E-state index in [-0.39, 0.29) is 12.5 Å². The van der Waals surface area contributed by atoms with Crippen LogP contribution in [0.5, 0.6) is 0 Å². The highest BCUT2D eigenvalue weighted by Gasteiger charge is 2.03. The number of carbonyl (C=O) groups is 1. The van der Waals surface area contributed by atoms with Gasteiger partial charge in [-0.15, -0.1) is 0 Å². The lowest BCUT2D eigenvalue weighted by molar-refractivity contribution is -0.118. The maximum atomic E-state index is 10.5. The number of aromatic nitrogens is 2. The van der Waals surface area contributed by atoms with Crippen molar-refractivity contribution in [3.05, 3.63) is 18.0 Å². The van der Waals surface area contributed by atoms with Crippen LogP contribution in [0.15, 0.2) is 12.4 Å². The first-order chi connectivity index (χ1) is 5.59. The fourth-order valence-corrected chi connectivity index (χ4v) is 0.924. The number of carbonyl (C=O) groups excluding carboxylic acids is 1. The monoisotopic (exact) mass is 167 g/mol. The van der Waals surface area contributed by atoms with Crippen LogP contribution in [-0.2, 0) is 11.3 Å². The summed E-state index contributed by atoms with van der Waals surface area (Å²) in [6, 6.07) is 0. The molecule has 66 valence electrons. The number of nitrogens with two attached hydrogens (primary N) is 1. The second-order valence-corrected chi connectivity index (χ2v) is 3.09. The second kappa shape index (κ2) is 3.38. The van der Waals surface area contributed by atoms with E-state index in [0.717, 1.165) is 5.56 Å². The van der Waals surface area contributed by atoms with Crippen LogP contribution in [0.4, 0.5) is 0 Å². The number of amides is 1. The molecule has 0 unspecified atom stereocenters. The Balaban J connectivity index is 2.70. The van der Waals surface area contributed by atoms with Gasteiger partial charge in [-0.25, -0.2) is 0 Å². The van der Waals surface area contributed by atoms with Crippen molar-refractivity contribution in [2.45, 2.75) is 26.3 Å². The van der Waals surface area contributed by atoms with Crippen LogP contribution in [0.3, 0.4) is 0 Å².